The highest BCUT2D eigenvalue weighted by Gasteiger charge is 2.32. The SMILES string of the molecule is CCNC(C)(CCSCC(=O)NC1CC1)C(=O)OC. The van der Waals surface area contributed by atoms with E-state index in [0.29, 0.717) is 24.8 Å². The topological polar surface area (TPSA) is 67.4 Å². The lowest BCUT2D eigenvalue weighted by Gasteiger charge is -2.27. The second kappa shape index (κ2) is 7.75. The van der Waals surface area contributed by atoms with E-state index in [4.69, 9.17) is 4.74 Å². The Hall–Kier alpha value is -0.750. The van der Waals surface area contributed by atoms with Crippen molar-refractivity contribution in [3.05, 3.63) is 0 Å². The van der Waals surface area contributed by atoms with Crippen LogP contribution in [0, 0.1) is 0 Å². The molecule has 6 heteroatoms. The van der Waals surface area contributed by atoms with Crippen molar-refractivity contribution in [2.45, 2.75) is 44.7 Å². The van der Waals surface area contributed by atoms with Gasteiger partial charge in [0.2, 0.25) is 5.91 Å². The lowest BCUT2D eigenvalue weighted by atomic mass is 9.99. The van der Waals surface area contributed by atoms with Gasteiger partial charge in [-0.2, -0.15) is 11.8 Å². The summed E-state index contributed by atoms with van der Waals surface area (Å²) in [5.41, 5.74) is -0.663. The van der Waals surface area contributed by atoms with Gasteiger partial charge in [0.15, 0.2) is 0 Å². The highest BCUT2D eigenvalue weighted by molar-refractivity contribution is 7.99. The molecule has 0 heterocycles. The number of hydrogen-bond donors (Lipinski definition) is 2. The Morgan fingerprint density at radius 1 is 1.42 bits per heavy atom. The van der Waals surface area contributed by atoms with E-state index >= 15 is 0 Å². The molecule has 1 aliphatic carbocycles. The van der Waals surface area contributed by atoms with Gasteiger partial charge in [0.05, 0.1) is 12.9 Å². The van der Waals surface area contributed by atoms with Crippen LogP contribution in [0.3, 0.4) is 0 Å². The average Bonchev–Trinajstić information content (AvgIpc) is 3.18. The van der Waals surface area contributed by atoms with Crippen molar-refractivity contribution in [3.63, 3.8) is 0 Å². The number of ether oxygens (including phenoxy) is 1. The number of likely N-dealkylation sites (N-methyl/N-ethyl adjacent to an activating group) is 1. The predicted octanol–water partition coefficient (Wildman–Crippen LogP) is 0.929. The number of nitrogens with one attached hydrogen (secondary N) is 2. The molecule has 0 aliphatic heterocycles. The van der Waals surface area contributed by atoms with Crippen LogP contribution in [0.2, 0.25) is 0 Å². The lowest BCUT2D eigenvalue weighted by molar-refractivity contribution is -0.148. The highest BCUT2D eigenvalue weighted by Crippen LogP contribution is 2.19. The molecule has 0 bridgehead atoms. The largest absolute Gasteiger partial charge is 0.468 e. The number of thioether (sulfide) groups is 1. The number of carbonyl (C=O) groups is 2. The molecule has 1 unspecified atom stereocenters. The molecule has 0 aromatic carbocycles. The van der Waals surface area contributed by atoms with Crippen LogP contribution >= 0.6 is 11.8 Å². The first-order valence-corrected chi connectivity index (χ1v) is 7.88. The zero-order valence-electron chi connectivity index (χ0n) is 12.0. The van der Waals surface area contributed by atoms with Crippen LogP contribution in [0.1, 0.15) is 33.1 Å². The Labute approximate surface area is 119 Å². The second-order valence-electron chi connectivity index (χ2n) is 5.00. The highest BCUT2D eigenvalue weighted by atomic mass is 32.2. The number of carbonyl (C=O) groups excluding carboxylic acids is 2. The van der Waals surface area contributed by atoms with Gasteiger partial charge in [0.1, 0.15) is 5.54 Å². The van der Waals surface area contributed by atoms with Gasteiger partial charge in [-0.05, 0) is 38.5 Å². The van der Waals surface area contributed by atoms with Gasteiger partial charge >= 0.3 is 5.97 Å². The van der Waals surface area contributed by atoms with E-state index in [1.807, 2.05) is 13.8 Å². The molecule has 0 saturated heterocycles. The maximum atomic E-state index is 11.7. The average molecular weight is 288 g/mol. The third kappa shape index (κ3) is 5.82. The quantitative estimate of drug-likeness (QED) is 0.488. The van der Waals surface area contributed by atoms with Gasteiger partial charge in [0.25, 0.3) is 0 Å². The minimum atomic E-state index is -0.663. The van der Waals surface area contributed by atoms with Crippen molar-refractivity contribution in [2.75, 3.05) is 25.2 Å². The number of amides is 1. The van der Waals surface area contributed by atoms with Crippen LogP contribution in [-0.2, 0) is 14.3 Å². The predicted molar refractivity (Wildman–Crippen MR) is 77.2 cm³/mol. The Morgan fingerprint density at radius 3 is 2.63 bits per heavy atom. The van der Waals surface area contributed by atoms with Crippen molar-refractivity contribution in [3.8, 4) is 0 Å². The summed E-state index contributed by atoms with van der Waals surface area (Å²) in [4.78, 5) is 23.2. The second-order valence-corrected chi connectivity index (χ2v) is 6.10. The normalized spacial score (nSPS) is 17.6. The van der Waals surface area contributed by atoms with Crippen LogP contribution in [0.4, 0.5) is 0 Å². The molecule has 0 radical (unpaired) electrons. The molecule has 1 aliphatic rings. The van der Waals surface area contributed by atoms with Crippen LogP contribution in [0.15, 0.2) is 0 Å². The molecule has 110 valence electrons. The number of esters is 1. The molecule has 1 amide bonds. The number of rotatable bonds is 9. The molecule has 0 aromatic rings. The summed E-state index contributed by atoms with van der Waals surface area (Å²) in [6, 6.07) is 0.412. The Morgan fingerprint density at radius 2 is 2.11 bits per heavy atom. The molecule has 0 spiro atoms. The zero-order valence-corrected chi connectivity index (χ0v) is 12.8. The molecule has 5 nitrogen and oxygen atoms in total. The van der Waals surface area contributed by atoms with Gasteiger partial charge < -0.3 is 15.4 Å². The van der Waals surface area contributed by atoms with Gasteiger partial charge in [-0.15, -0.1) is 0 Å². The fraction of sp³-hybridized carbons (Fsp3) is 0.846. The van der Waals surface area contributed by atoms with E-state index in [1.165, 1.54) is 7.11 Å². The van der Waals surface area contributed by atoms with E-state index in [9.17, 15) is 9.59 Å². The molecule has 0 aromatic heterocycles. The van der Waals surface area contributed by atoms with Crippen molar-refractivity contribution < 1.29 is 14.3 Å². The van der Waals surface area contributed by atoms with Crippen molar-refractivity contribution >= 4 is 23.6 Å². The minimum Gasteiger partial charge on any atom is -0.468 e. The van der Waals surface area contributed by atoms with E-state index in [-0.39, 0.29) is 11.9 Å². The van der Waals surface area contributed by atoms with E-state index in [2.05, 4.69) is 10.6 Å². The Kier molecular flexibility index (Phi) is 6.65. The molecule has 2 N–H and O–H groups in total. The molecule has 1 saturated carbocycles. The Balaban J connectivity index is 2.23. The van der Waals surface area contributed by atoms with Crippen LogP contribution in [-0.4, -0.2) is 48.6 Å². The summed E-state index contributed by atoms with van der Waals surface area (Å²) in [6.07, 6.45) is 2.86. The summed E-state index contributed by atoms with van der Waals surface area (Å²) in [5.74, 6) is 1.05. The smallest absolute Gasteiger partial charge is 0.325 e. The zero-order chi connectivity index (χ0) is 14.3. The maximum Gasteiger partial charge on any atom is 0.325 e. The molecule has 1 rings (SSSR count). The molecular formula is C13H24N2O3S. The van der Waals surface area contributed by atoms with Gasteiger partial charge in [0, 0.05) is 6.04 Å². The first kappa shape index (κ1) is 16.3. The first-order valence-electron chi connectivity index (χ1n) is 6.72. The van der Waals surface area contributed by atoms with E-state index in [1.54, 1.807) is 11.8 Å². The minimum absolute atomic E-state index is 0.0933. The number of hydrogen-bond acceptors (Lipinski definition) is 5. The summed E-state index contributed by atoms with van der Waals surface area (Å²) < 4.78 is 4.82. The Bertz CT molecular complexity index is 321. The van der Waals surface area contributed by atoms with Gasteiger partial charge in [-0.1, -0.05) is 6.92 Å². The van der Waals surface area contributed by atoms with Gasteiger partial charge in [-0.25, -0.2) is 0 Å². The summed E-state index contributed by atoms with van der Waals surface area (Å²) >= 11 is 1.55. The van der Waals surface area contributed by atoms with E-state index in [0.717, 1.165) is 18.6 Å². The molecule has 1 fully saturated rings. The fourth-order valence-corrected chi connectivity index (χ4v) is 2.78. The summed E-state index contributed by atoms with van der Waals surface area (Å²) in [6.45, 7) is 4.50. The van der Waals surface area contributed by atoms with Crippen molar-refractivity contribution in [1.29, 1.82) is 0 Å². The fourth-order valence-electron chi connectivity index (χ4n) is 1.82. The van der Waals surface area contributed by atoms with Crippen LogP contribution < -0.4 is 10.6 Å². The first-order chi connectivity index (χ1) is 9.01. The van der Waals surface area contributed by atoms with Crippen molar-refractivity contribution in [2.24, 2.45) is 0 Å². The molecular weight excluding hydrogens is 264 g/mol. The number of methoxy groups -OCH3 is 1. The third-order valence-electron chi connectivity index (χ3n) is 3.12. The summed E-state index contributed by atoms with van der Waals surface area (Å²) in [5, 5.41) is 6.10. The standard InChI is InChI=1S/C13H24N2O3S/c1-4-14-13(2,12(17)18-3)7-8-19-9-11(16)15-10-5-6-10/h10,14H,4-9H2,1-3H3,(H,15,16). The third-order valence-corrected chi connectivity index (χ3v) is 4.08. The van der Waals surface area contributed by atoms with E-state index < -0.39 is 5.54 Å². The monoisotopic (exact) mass is 288 g/mol. The van der Waals surface area contributed by atoms with Gasteiger partial charge in [-0.3, -0.25) is 9.59 Å². The lowest BCUT2D eigenvalue weighted by Crippen LogP contribution is -2.50. The van der Waals surface area contributed by atoms with Crippen molar-refractivity contribution in [1.82, 2.24) is 10.6 Å². The van der Waals surface area contributed by atoms with Crippen LogP contribution in [0.5, 0.6) is 0 Å². The summed E-state index contributed by atoms with van der Waals surface area (Å²) in [7, 11) is 1.40. The molecule has 19 heavy (non-hydrogen) atoms. The maximum absolute atomic E-state index is 11.7. The van der Waals surface area contributed by atoms with Crippen LogP contribution in [0.25, 0.3) is 0 Å². The molecule has 1 atom stereocenters.